The molecule has 0 bridgehead atoms. The number of alkyl halides is 3. The molecule has 0 aliphatic rings. The number of anilines is 1. The van der Waals surface area contributed by atoms with Crippen LogP contribution in [0.3, 0.4) is 0 Å². The van der Waals surface area contributed by atoms with Gasteiger partial charge in [0.15, 0.2) is 6.61 Å². The van der Waals surface area contributed by atoms with Gasteiger partial charge in [0, 0.05) is 24.5 Å². The van der Waals surface area contributed by atoms with Gasteiger partial charge in [-0.3, -0.25) is 18.7 Å². The molecular formula is C27H27F3N4O4. The first-order chi connectivity index (χ1) is 18.1. The van der Waals surface area contributed by atoms with Crippen molar-refractivity contribution >= 4 is 22.6 Å². The number of aryl methyl sites for hydroxylation is 1. The van der Waals surface area contributed by atoms with E-state index in [1.54, 1.807) is 34.9 Å². The lowest BCUT2D eigenvalue weighted by atomic mass is 10.1. The van der Waals surface area contributed by atoms with Crippen LogP contribution in [0, 0.1) is 0 Å². The number of carbonyl (C=O) groups is 1. The summed E-state index contributed by atoms with van der Waals surface area (Å²) in [4.78, 5) is 41.1. The summed E-state index contributed by atoms with van der Waals surface area (Å²) in [6.45, 7) is 4.35. The minimum atomic E-state index is -4.45. The number of hydrogen-bond donors (Lipinski definition) is 2. The van der Waals surface area contributed by atoms with Gasteiger partial charge in [-0.25, -0.2) is 4.79 Å². The normalized spacial score (nSPS) is 11.6. The fourth-order valence-corrected chi connectivity index (χ4v) is 4.13. The predicted octanol–water partition coefficient (Wildman–Crippen LogP) is 5.01. The zero-order valence-corrected chi connectivity index (χ0v) is 20.9. The number of benzene rings is 2. The van der Waals surface area contributed by atoms with E-state index >= 15 is 0 Å². The number of fused-ring (bicyclic) bond motifs is 1. The third kappa shape index (κ3) is 5.66. The Balaban J connectivity index is 1.47. The first-order valence-electron chi connectivity index (χ1n) is 12.2. The van der Waals surface area contributed by atoms with Crippen molar-refractivity contribution in [3.8, 4) is 17.0 Å². The zero-order valence-electron chi connectivity index (χ0n) is 20.9. The first-order valence-corrected chi connectivity index (χ1v) is 12.2. The van der Waals surface area contributed by atoms with Crippen LogP contribution in [0.5, 0.6) is 5.75 Å². The van der Waals surface area contributed by atoms with Crippen LogP contribution in [0.15, 0.2) is 64.2 Å². The molecule has 38 heavy (non-hydrogen) atoms. The van der Waals surface area contributed by atoms with Gasteiger partial charge in [0.25, 0.3) is 11.5 Å². The molecule has 200 valence electrons. The smallest absolute Gasteiger partial charge is 0.416 e. The summed E-state index contributed by atoms with van der Waals surface area (Å²) < 4.78 is 46.4. The fourth-order valence-electron chi connectivity index (χ4n) is 4.13. The lowest BCUT2D eigenvalue weighted by molar-refractivity contribution is -0.137. The largest absolute Gasteiger partial charge is 0.484 e. The van der Waals surface area contributed by atoms with Crippen LogP contribution < -0.4 is 21.3 Å². The highest BCUT2D eigenvalue weighted by Crippen LogP contribution is 2.30. The second-order valence-corrected chi connectivity index (χ2v) is 8.77. The Bertz CT molecular complexity index is 1550. The summed E-state index contributed by atoms with van der Waals surface area (Å²) in [5.41, 5.74) is 1.05. The standard InChI is InChI=1S/C27H27F3N4O4/c1-3-13-33-22-15-21(32-24(22)25(36)34(14-4-2)26(33)37)17-5-11-20(12-6-17)38-16-23(35)31-19-9-7-18(8-10-19)27(28,29)30/h5-12,15,32H,3-4,13-14,16H2,1-2H3,(H,31,35). The highest BCUT2D eigenvalue weighted by Gasteiger charge is 2.30. The number of rotatable bonds is 9. The molecule has 4 rings (SSSR count). The fraction of sp³-hybridized carbons (Fsp3) is 0.296. The number of aromatic nitrogens is 3. The molecule has 0 aliphatic carbocycles. The van der Waals surface area contributed by atoms with E-state index in [4.69, 9.17) is 4.74 Å². The molecule has 0 spiro atoms. The molecule has 0 saturated heterocycles. The van der Waals surface area contributed by atoms with Gasteiger partial charge in [-0.15, -0.1) is 0 Å². The number of amides is 1. The monoisotopic (exact) mass is 528 g/mol. The molecule has 2 aromatic carbocycles. The van der Waals surface area contributed by atoms with Gasteiger partial charge < -0.3 is 15.0 Å². The van der Waals surface area contributed by atoms with E-state index in [9.17, 15) is 27.6 Å². The van der Waals surface area contributed by atoms with Crippen LogP contribution in [0.1, 0.15) is 32.3 Å². The Kier molecular flexibility index (Phi) is 7.75. The van der Waals surface area contributed by atoms with Crippen molar-refractivity contribution in [1.82, 2.24) is 14.1 Å². The van der Waals surface area contributed by atoms with E-state index in [0.717, 1.165) is 24.1 Å². The maximum atomic E-state index is 12.9. The molecule has 2 N–H and O–H groups in total. The van der Waals surface area contributed by atoms with Gasteiger partial charge in [0.05, 0.1) is 11.1 Å². The Morgan fingerprint density at radius 1 is 0.947 bits per heavy atom. The Labute approximate surface area is 215 Å². The first kappa shape index (κ1) is 26.8. The molecule has 0 fully saturated rings. The highest BCUT2D eigenvalue weighted by molar-refractivity contribution is 5.91. The highest BCUT2D eigenvalue weighted by atomic mass is 19.4. The van der Waals surface area contributed by atoms with E-state index in [2.05, 4.69) is 10.3 Å². The molecular weight excluding hydrogens is 501 g/mol. The van der Waals surface area contributed by atoms with Crippen molar-refractivity contribution < 1.29 is 22.7 Å². The minimum absolute atomic E-state index is 0.223. The number of carbonyl (C=O) groups excluding carboxylic acids is 1. The van der Waals surface area contributed by atoms with Gasteiger partial charge in [0.1, 0.15) is 11.3 Å². The van der Waals surface area contributed by atoms with E-state index in [1.807, 2.05) is 13.8 Å². The van der Waals surface area contributed by atoms with Crippen LogP contribution in [-0.4, -0.2) is 26.6 Å². The lowest BCUT2D eigenvalue weighted by Crippen LogP contribution is -2.39. The van der Waals surface area contributed by atoms with Gasteiger partial charge in [0.2, 0.25) is 0 Å². The Morgan fingerprint density at radius 2 is 1.58 bits per heavy atom. The number of hydrogen-bond acceptors (Lipinski definition) is 4. The van der Waals surface area contributed by atoms with Crippen molar-refractivity contribution in [3.05, 3.63) is 81.0 Å². The molecule has 11 heteroatoms. The summed E-state index contributed by atoms with van der Waals surface area (Å²) in [7, 11) is 0. The van der Waals surface area contributed by atoms with Gasteiger partial charge in [-0.2, -0.15) is 13.2 Å². The van der Waals surface area contributed by atoms with Gasteiger partial charge in [-0.05, 0) is 73.0 Å². The molecule has 0 aliphatic heterocycles. The van der Waals surface area contributed by atoms with Crippen LogP contribution in [0.2, 0.25) is 0 Å². The van der Waals surface area contributed by atoms with Crippen molar-refractivity contribution in [2.24, 2.45) is 0 Å². The second kappa shape index (κ2) is 11.0. The van der Waals surface area contributed by atoms with Crippen molar-refractivity contribution in [1.29, 1.82) is 0 Å². The molecule has 0 saturated carbocycles. The number of halogens is 3. The van der Waals surface area contributed by atoms with Crippen LogP contribution in [0.25, 0.3) is 22.3 Å². The maximum absolute atomic E-state index is 12.9. The van der Waals surface area contributed by atoms with E-state index < -0.39 is 17.6 Å². The molecule has 2 aromatic heterocycles. The zero-order chi connectivity index (χ0) is 27.4. The molecule has 0 atom stereocenters. The molecule has 0 radical (unpaired) electrons. The SMILES string of the molecule is CCCn1c(=O)c2[nH]c(-c3ccc(OCC(=O)Nc4ccc(C(F)(F)F)cc4)cc3)cc2n(CCC)c1=O. The summed E-state index contributed by atoms with van der Waals surface area (Å²) in [6.07, 6.45) is -3.06. The van der Waals surface area contributed by atoms with Crippen molar-refractivity contribution in [3.63, 3.8) is 0 Å². The average Bonchev–Trinajstić information content (AvgIpc) is 3.33. The lowest BCUT2D eigenvalue weighted by Gasteiger charge is -2.10. The summed E-state index contributed by atoms with van der Waals surface area (Å²) in [6, 6.07) is 12.7. The minimum Gasteiger partial charge on any atom is -0.484 e. The van der Waals surface area contributed by atoms with Gasteiger partial charge >= 0.3 is 11.9 Å². The predicted molar refractivity (Wildman–Crippen MR) is 138 cm³/mol. The third-order valence-electron chi connectivity index (χ3n) is 5.93. The summed E-state index contributed by atoms with van der Waals surface area (Å²) >= 11 is 0. The van der Waals surface area contributed by atoms with E-state index in [1.165, 1.54) is 16.7 Å². The topological polar surface area (TPSA) is 98.1 Å². The van der Waals surface area contributed by atoms with Crippen LogP contribution >= 0.6 is 0 Å². The number of aromatic amines is 1. The summed E-state index contributed by atoms with van der Waals surface area (Å²) in [5.74, 6) is -0.123. The molecule has 4 aromatic rings. The van der Waals surface area contributed by atoms with Crippen LogP contribution in [-0.2, 0) is 24.1 Å². The number of nitrogens with zero attached hydrogens (tertiary/aromatic N) is 2. The van der Waals surface area contributed by atoms with Crippen molar-refractivity contribution in [2.75, 3.05) is 11.9 Å². The number of H-pyrrole nitrogens is 1. The maximum Gasteiger partial charge on any atom is 0.416 e. The number of ether oxygens (including phenoxy) is 1. The second-order valence-electron chi connectivity index (χ2n) is 8.77. The Morgan fingerprint density at radius 3 is 2.18 bits per heavy atom. The molecule has 8 nitrogen and oxygen atoms in total. The molecule has 2 heterocycles. The molecule has 1 amide bonds. The molecule has 0 unspecified atom stereocenters. The van der Waals surface area contributed by atoms with Crippen LogP contribution in [0.4, 0.5) is 18.9 Å². The average molecular weight is 529 g/mol. The number of nitrogens with one attached hydrogen (secondary N) is 2. The summed E-state index contributed by atoms with van der Waals surface area (Å²) in [5, 5.41) is 2.49. The quantitative estimate of drug-likeness (QED) is 0.319. The third-order valence-corrected chi connectivity index (χ3v) is 5.93. The van der Waals surface area contributed by atoms with Gasteiger partial charge in [-0.1, -0.05) is 13.8 Å². The van der Waals surface area contributed by atoms with Crippen molar-refractivity contribution in [2.45, 2.75) is 46.0 Å². The Hall–Kier alpha value is -4.28. The van der Waals surface area contributed by atoms with E-state index in [0.29, 0.717) is 42.0 Å². The van der Waals surface area contributed by atoms with E-state index in [-0.39, 0.29) is 23.5 Å².